The van der Waals surface area contributed by atoms with Crippen LogP contribution in [-0.4, -0.2) is 39.9 Å². The lowest BCUT2D eigenvalue weighted by Crippen LogP contribution is -2.21. The van der Waals surface area contributed by atoms with Gasteiger partial charge in [0.25, 0.3) is 0 Å². The molecule has 8 nitrogen and oxygen atoms in total. The second-order valence-electron chi connectivity index (χ2n) is 5.49. The topological polar surface area (TPSA) is 91.2 Å². The third-order valence-electron chi connectivity index (χ3n) is 3.79. The molecule has 0 fully saturated rings. The molecule has 0 saturated heterocycles. The van der Waals surface area contributed by atoms with E-state index in [1.54, 1.807) is 55.7 Å². The van der Waals surface area contributed by atoms with E-state index in [-0.39, 0.29) is 5.91 Å². The fourth-order valence-electron chi connectivity index (χ4n) is 2.46. The van der Waals surface area contributed by atoms with E-state index in [0.29, 0.717) is 23.9 Å². The Morgan fingerprint density at radius 2 is 2.07 bits per heavy atom. The summed E-state index contributed by atoms with van der Waals surface area (Å²) in [7, 11) is 3.14. The van der Waals surface area contributed by atoms with Gasteiger partial charge in [-0.2, -0.15) is 5.10 Å². The lowest BCUT2D eigenvalue weighted by Gasteiger charge is -2.08. The van der Waals surface area contributed by atoms with Crippen LogP contribution in [0.5, 0.6) is 11.5 Å². The second kappa shape index (κ2) is 8.61. The number of hydrogen-bond donors (Lipinski definition) is 1. The van der Waals surface area contributed by atoms with Crippen molar-refractivity contribution in [3.05, 3.63) is 66.4 Å². The third-order valence-corrected chi connectivity index (χ3v) is 3.79. The normalized spacial score (nSPS) is 10.7. The van der Waals surface area contributed by atoms with Gasteiger partial charge in [0.2, 0.25) is 5.91 Å². The van der Waals surface area contributed by atoms with Crippen molar-refractivity contribution >= 4 is 12.0 Å². The summed E-state index contributed by atoms with van der Waals surface area (Å²) in [6, 6.07) is 9.11. The molecule has 8 heteroatoms. The average molecular weight is 365 g/mol. The number of carbonyl (C=O) groups excluding carboxylic acids is 1. The quantitative estimate of drug-likeness (QED) is 0.644. The summed E-state index contributed by atoms with van der Waals surface area (Å²) in [4.78, 5) is 20.4. The number of ether oxygens (including phenoxy) is 2. The van der Waals surface area contributed by atoms with Crippen LogP contribution in [0.4, 0.5) is 0 Å². The highest BCUT2D eigenvalue weighted by Crippen LogP contribution is 2.27. The van der Waals surface area contributed by atoms with Crippen molar-refractivity contribution in [2.45, 2.75) is 6.54 Å². The highest BCUT2D eigenvalue weighted by atomic mass is 16.5. The summed E-state index contributed by atoms with van der Waals surface area (Å²) in [5.41, 5.74) is 1.66. The molecule has 0 atom stereocenters. The highest BCUT2D eigenvalue weighted by molar-refractivity contribution is 5.91. The monoisotopic (exact) mass is 365 g/mol. The Labute approximate surface area is 156 Å². The van der Waals surface area contributed by atoms with Crippen LogP contribution in [0.2, 0.25) is 0 Å². The highest BCUT2D eigenvalue weighted by Gasteiger charge is 2.07. The molecule has 3 rings (SSSR count). The van der Waals surface area contributed by atoms with Crippen molar-refractivity contribution in [1.82, 2.24) is 25.1 Å². The van der Waals surface area contributed by atoms with Crippen molar-refractivity contribution in [2.24, 2.45) is 0 Å². The van der Waals surface area contributed by atoms with E-state index in [0.717, 1.165) is 11.1 Å². The number of hydrogen-bond acceptors (Lipinski definition) is 6. The van der Waals surface area contributed by atoms with Gasteiger partial charge >= 0.3 is 0 Å². The maximum atomic E-state index is 12.2. The molecule has 0 aliphatic rings. The zero-order chi connectivity index (χ0) is 19.1. The molecule has 1 N–H and O–H groups in total. The van der Waals surface area contributed by atoms with Crippen molar-refractivity contribution in [2.75, 3.05) is 14.2 Å². The van der Waals surface area contributed by atoms with Crippen LogP contribution in [0.15, 0.2) is 55.3 Å². The Balaban J connectivity index is 1.65. The van der Waals surface area contributed by atoms with Gasteiger partial charge in [0.15, 0.2) is 17.3 Å². The fraction of sp³-hybridized carbons (Fsp3) is 0.158. The van der Waals surface area contributed by atoms with Crippen LogP contribution >= 0.6 is 0 Å². The molecule has 3 aromatic rings. The maximum absolute atomic E-state index is 12.2. The molecule has 0 radical (unpaired) electrons. The summed E-state index contributed by atoms with van der Waals surface area (Å²) in [6.07, 6.45) is 7.83. The van der Waals surface area contributed by atoms with Gasteiger partial charge in [-0.25, -0.2) is 14.6 Å². The molecule has 0 unspecified atom stereocenters. The Hall–Kier alpha value is -3.68. The van der Waals surface area contributed by atoms with Crippen molar-refractivity contribution in [3.63, 3.8) is 0 Å². The smallest absolute Gasteiger partial charge is 0.244 e. The van der Waals surface area contributed by atoms with E-state index in [1.807, 2.05) is 12.1 Å². The van der Waals surface area contributed by atoms with Crippen molar-refractivity contribution in [1.29, 1.82) is 0 Å². The molecule has 0 bridgehead atoms. The minimum atomic E-state index is -0.224. The molecule has 138 valence electrons. The van der Waals surface area contributed by atoms with Gasteiger partial charge in [-0.3, -0.25) is 4.79 Å². The largest absolute Gasteiger partial charge is 0.493 e. The predicted molar refractivity (Wildman–Crippen MR) is 99.6 cm³/mol. The minimum Gasteiger partial charge on any atom is -0.493 e. The number of amides is 1. The van der Waals surface area contributed by atoms with Gasteiger partial charge in [-0.1, -0.05) is 12.1 Å². The number of nitrogens with one attached hydrogen (secondary N) is 1. The molecule has 27 heavy (non-hydrogen) atoms. The summed E-state index contributed by atoms with van der Waals surface area (Å²) in [6.45, 7) is 0.318. The first kappa shape index (κ1) is 18.1. The second-order valence-corrected chi connectivity index (χ2v) is 5.49. The van der Waals surface area contributed by atoms with Crippen molar-refractivity contribution < 1.29 is 14.3 Å². The van der Waals surface area contributed by atoms with Crippen LogP contribution < -0.4 is 14.8 Å². The van der Waals surface area contributed by atoms with Crippen LogP contribution in [-0.2, 0) is 11.3 Å². The first-order chi connectivity index (χ1) is 13.2. The Morgan fingerprint density at radius 1 is 1.22 bits per heavy atom. The van der Waals surface area contributed by atoms with Crippen LogP contribution in [0, 0.1) is 0 Å². The van der Waals surface area contributed by atoms with E-state index in [9.17, 15) is 4.79 Å². The number of benzene rings is 1. The number of pyridine rings is 1. The molecular weight excluding hydrogens is 346 g/mol. The zero-order valence-electron chi connectivity index (χ0n) is 15.0. The van der Waals surface area contributed by atoms with E-state index in [4.69, 9.17) is 9.47 Å². The minimum absolute atomic E-state index is 0.224. The molecule has 2 heterocycles. The number of carbonyl (C=O) groups is 1. The van der Waals surface area contributed by atoms with E-state index < -0.39 is 0 Å². The zero-order valence-corrected chi connectivity index (χ0v) is 15.0. The van der Waals surface area contributed by atoms with Gasteiger partial charge < -0.3 is 14.8 Å². The Morgan fingerprint density at radius 3 is 2.81 bits per heavy atom. The van der Waals surface area contributed by atoms with Crippen LogP contribution in [0.3, 0.4) is 0 Å². The van der Waals surface area contributed by atoms with Gasteiger partial charge in [0, 0.05) is 24.4 Å². The predicted octanol–water partition coefficient (Wildman–Crippen LogP) is 2.01. The molecule has 0 aliphatic carbocycles. The number of aromatic nitrogens is 4. The SMILES string of the molecule is COc1ccc(/C=C\C(=O)NCc2cccnc2-n2cncn2)cc1OC. The molecule has 0 spiro atoms. The summed E-state index contributed by atoms with van der Waals surface area (Å²) in [5, 5.41) is 6.91. The molecule has 1 aromatic carbocycles. The standard InChI is InChI=1S/C19H19N5O3/c1-26-16-7-5-14(10-17(16)27-2)6-8-18(25)22-11-15-4-3-9-21-19(15)24-13-20-12-23-24/h3-10,12-13H,11H2,1-2H3,(H,22,25)/b8-6-. The Kier molecular flexibility index (Phi) is 5.78. The lowest BCUT2D eigenvalue weighted by atomic mass is 10.2. The summed E-state index contributed by atoms with van der Waals surface area (Å²) >= 11 is 0. The van der Waals surface area contributed by atoms with Gasteiger partial charge in [0.1, 0.15) is 12.7 Å². The average Bonchev–Trinajstić information content (AvgIpc) is 3.25. The Bertz CT molecular complexity index is 938. The first-order valence-corrected chi connectivity index (χ1v) is 8.18. The number of methoxy groups -OCH3 is 2. The summed E-state index contributed by atoms with van der Waals surface area (Å²) < 4.78 is 12.0. The number of nitrogens with zero attached hydrogens (tertiary/aromatic N) is 4. The third kappa shape index (κ3) is 4.49. The van der Waals surface area contributed by atoms with Gasteiger partial charge in [-0.15, -0.1) is 0 Å². The number of rotatable bonds is 7. The van der Waals surface area contributed by atoms with E-state index in [2.05, 4.69) is 20.4 Å². The molecule has 1 amide bonds. The van der Waals surface area contributed by atoms with E-state index >= 15 is 0 Å². The summed E-state index contributed by atoms with van der Waals surface area (Å²) in [5.74, 6) is 1.64. The molecule has 0 aliphatic heterocycles. The molecule has 2 aromatic heterocycles. The first-order valence-electron chi connectivity index (χ1n) is 8.18. The van der Waals surface area contributed by atoms with E-state index in [1.165, 1.54) is 12.4 Å². The van der Waals surface area contributed by atoms with Crippen LogP contribution in [0.1, 0.15) is 11.1 Å². The van der Waals surface area contributed by atoms with Crippen molar-refractivity contribution in [3.8, 4) is 17.3 Å². The van der Waals surface area contributed by atoms with Gasteiger partial charge in [-0.05, 0) is 29.8 Å². The maximum Gasteiger partial charge on any atom is 0.244 e. The van der Waals surface area contributed by atoms with Crippen LogP contribution in [0.25, 0.3) is 11.9 Å². The van der Waals surface area contributed by atoms with Gasteiger partial charge in [0.05, 0.1) is 14.2 Å². The molecule has 0 saturated carbocycles. The lowest BCUT2D eigenvalue weighted by molar-refractivity contribution is -0.116. The fourth-order valence-corrected chi connectivity index (χ4v) is 2.46. The molecular formula is C19H19N5O3.